The first kappa shape index (κ1) is 26.4. The van der Waals surface area contributed by atoms with Crippen molar-refractivity contribution in [3.05, 3.63) is 0 Å². The average molecular weight is 486 g/mol. The van der Waals surface area contributed by atoms with Crippen LogP contribution in [0.15, 0.2) is 0 Å². The molecule has 1 N–H and O–H groups in total. The Morgan fingerprint density at radius 2 is 1.41 bits per heavy atom. The van der Waals surface area contributed by atoms with Gasteiger partial charge in [-0.1, -0.05) is 20.8 Å². The minimum Gasteiger partial charge on any atom is -0.355 e. The predicted molar refractivity (Wildman–Crippen MR) is 123 cm³/mol. The molecule has 2 saturated heterocycles. The van der Waals surface area contributed by atoms with E-state index in [0.717, 1.165) is 21.6 Å². The summed E-state index contributed by atoms with van der Waals surface area (Å²) in [5, 5.41) is 1.80. The molecule has 5 amide bonds. The van der Waals surface area contributed by atoms with Crippen LogP contribution >= 0.6 is 23.5 Å². The summed E-state index contributed by atoms with van der Waals surface area (Å²) in [5.41, 5.74) is -0.239. The molecule has 32 heavy (non-hydrogen) atoms. The van der Waals surface area contributed by atoms with E-state index in [2.05, 4.69) is 5.32 Å². The number of Topliss-reactive ketones (excluding diaryl/α,β-unsaturated/α-hetero) is 1. The maximum atomic E-state index is 12.5. The molecule has 9 nitrogen and oxygen atoms in total. The Kier molecular flexibility index (Phi) is 8.92. The van der Waals surface area contributed by atoms with E-state index < -0.39 is 10.5 Å². The van der Waals surface area contributed by atoms with Gasteiger partial charge in [0.1, 0.15) is 5.78 Å². The summed E-state index contributed by atoms with van der Waals surface area (Å²) in [5.74, 6) is -1.23. The highest BCUT2D eigenvalue weighted by Gasteiger charge is 2.38. The summed E-state index contributed by atoms with van der Waals surface area (Å²) < 4.78 is 0. The van der Waals surface area contributed by atoms with Gasteiger partial charge in [-0.05, 0) is 11.3 Å². The van der Waals surface area contributed by atoms with Crippen LogP contribution < -0.4 is 5.32 Å². The molecule has 3 atom stereocenters. The summed E-state index contributed by atoms with van der Waals surface area (Å²) in [6.07, 6.45) is 0.471. The Bertz CT molecular complexity index is 810. The lowest BCUT2D eigenvalue weighted by Gasteiger charge is -2.30. The van der Waals surface area contributed by atoms with Crippen LogP contribution in [-0.4, -0.2) is 87.8 Å². The Hall–Kier alpha value is -1.88. The van der Waals surface area contributed by atoms with E-state index in [1.54, 1.807) is 0 Å². The first-order valence-corrected chi connectivity index (χ1v) is 12.5. The second-order valence-corrected chi connectivity index (χ2v) is 11.6. The first-order chi connectivity index (χ1) is 14.8. The van der Waals surface area contributed by atoms with Gasteiger partial charge in [0, 0.05) is 39.9 Å². The molecule has 178 valence electrons. The Morgan fingerprint density at radius 1 is 0.938 bits per heavy atom. The molecule has 11 heteroatoms. The Labute approximate surface area is 196 Å². The molecular weight excluding hydrogens is 454 g/mol. The molecule has 0 bridgehead atoms. The van der Waals surface area contributed by atoms with Crippen LogP contribution in [0.25, 0.3) is 0 Å². The van der Waals surface area contributed by atoms with E-state index >= 15 is 0 Å². The molecule has 0 saturated carbocycles. The maximum absolute atomic E-state index is 12.5. The predicted octanol–water partition coefficient (Wildman–Crippen LogP) is 0.705. The van der Waals surface area contributed by atoms with Crippen molar-refractivity contribution in [2.75, 3.05) is 32.1 Å². The van der Waals surface area contributed by atoms with E-state index in [1.165, 1.54) is 25.9 Å². The normalized spacial score (nSPS) is 22.7. The van der Waals surface area contributed by atoms with Crippen LogP contribution in [0.2, 0.25) is 0 Å². The highest BCUT2D eigenvalue weighted by molar-refractivity contribution is 8.01. The largest absolute Gasteiger partial charge is 0.355 e. The summed E-state index contributed by atoms with van der Waals surface area (Å²) in [6, 6.07) is 0. The molecule has 0 radical (unpaired) electrons. The van der Waals surface area contributed by atoms with Gasteiger partial charge in [-0.3, -0.25) is 38.6 Å². The molecule has 2 heterocycles. The molecule has 0 aromatic heterocycles. The van der Waals surface area contributed by atoms with Crippen LogP contribution in [0.1, 0.15) is 40.0 Å². The van der Waals surface area contributed by atoms with Crippen LogP contribution in [0.5, 0.6) is 0 Å². The third-order valence-electron chi connectivity index (χ3n) is 5.79. The smallest absolute Gasteiger partial charge is 0.242 e. The quantitative estimate of drug-likeness (QED) is 0.449. The molecule has 0 spiro atoms. The van der Waals surface area contributed by atoms with Gasteiger partial charge in [-0.2, -0.15) is 0 Å². The third kappa shape index (κ3) is 6.81. The number of nitrogens with zero attached hydrogens (tertiary/aromatic N) is 2. The molecule has 3 unspecified atom stereocenters. The van der Waals surface area contributed by atoms with Gasteiger partial charge in [0.25, 0.3) is 0 Å². The standard InChI is InChI=1S/C21H31N3O6S2/c1-21(2,3)12(6-13(25)10-31-14-7-17(27)23(4)19(14)29)9-22-16(26)11-32-15-8-18(28)24(5)20(15)30/h12,14-15H,6-11H2,1-5H3,(H,22,26). The van der Waals surface area contributed by atoms with Crippen molar-refractivity contribution in [1.29, 1.82) is 0 Å². The number of amides is 5. The van der Waals surface area contributed by atoms with Gasteiger partial charge >= 0.3 is 0 Å². The number of imide groups is 2. The van der Waals surface area contributed by atoms with Crippen molar-refractivity contribution < 1.29 is 28.8 Å². The zero-order valence-corrected chi connectivity index (χ0v) is 20.8. The lowest BCUT2D eigenvalue weighted by Crippen LogP contribution is -2.38. The van der Waals surface area contributed by atoms with Crippen molar-refractivity contribution in [1.82, 2.24) is 15.1 Å². The average Bonchev–Trinajstić information content (AvgIpc) is 3.10. The molecular formula is C21H31N3O6S2. The molecule has 0 aromatic carbocycles. The van der Waals surface area contributed by atoms with Gasteiger partial charge in [0.15, 0.2) is 0 Å². The number of thioether (sulfide) groups is 2. The monoisotopic (exact) mass is 485 g/mol. The summed E-state index contributed by atoms with van der Waals surface area (Å²) in [7, 11) is 2.88. The fraction of sp³-hybridized carbons (Fsp3) is 0.714. The van der Waals surface area contributed by atoms with Gasteiger partial charge < -0.3 is 5.32 Å². The molecule has 2 aliphatic heterocycles. The van der Waals surface area contributed by atoms with Crippen molar-refractivity contribution in [3.63, 3.8) is 0 Å². The zero-order valence-electron chi connectivity index (χ0n) is 19.1. The molecule has 0 aromatic rings. The van der Waals surface area contributed by atoms with Crippen molar-refractivity contribution in [2.24, 2.45) is 11.3 Å². The molecule has 2 rings (SSSR count). The third-order valence-corrected chi connectivity index (χ3v) is 8.24. The van der Waals surface area contributed by atoms with E-state index in [4.69, 9.17) is 0 Å². The first-order valence-electron chi connectivity index (χ1n) is 10.4. The highest BCUT2D eigenvalue weighted by Crippen LogP contribution is 2.30. The lowest BCUT2D eigenvalue weighted by molar-refractivity contribution is -0.138. The van der Waals surface area contributed by atoms with Crippen molar-refractivity contribution >= 4 is 58.8 Å². The van der Waals surface area contributed by atoms with Crippen molar-refractivity contribution in [2.45, 2.75) is 50.5 Å². The molecule has 2 aliphatic rings. The van der Waals surface area contributed by atoms with Gasteiger partial charge in [-0.15, -0.1) is 23.5 Å². The SMILES string of the molecule is CN1C(=O)CC(SCC(=O)CC(CNC(=O)CSC2CC(=O)N(C)C2=O)C(C)(C)C)C1=O. The number of carbonyl (C=O) groups excluding carboxylic acids is 6. The van der Waals surface area contributed by atoms with Crippen LogP contribution in [0, 0.1) is 11.3 Å². The second kappa shape index (κ2) is 10.8. The Balaban J connectivity index is 1.79. The number of carbonyl (C=O) groups is 6. The molecule has 2 fully saturated rings. The van der Waals surface area contributed by atoms with E-state index in [9.17, 15) is 28.8 Å². The minimum atomic E-state index is -0.528. The number of likely N-dealkylation sites (tertiary alicyclic amines) is 2. The van der Waals surface area contributed by atoms with Gasteiger partial charge in [0.05, 0.1) is 22.0 Å². The fourth-order valence-electron chi connectivity index (χ4n) is 3.38. The number of rotatable bonds is 10. The zero-order chi connectivity index (χ0) is 24.2. The summed E-state index contributed by atoms with van der Waals surface area (Å²) in [4.78, 5) is 74.1. The van der Waals surface area contributed by atoms with Gasteiger partial charge in [-0.25, -0.2) is 0 Å². The van der Waals surface area contributed by atoms with Crippen LogP contribution in [0.4, 0.5) is 0 Å². The van der Waals surface area contributed by atoms with Crippen LogP contribution in [-0.2, 0) is 28.8 Å². The van der Waals surface area contributed by atoms with E-state index in [0.29, 0.717) is 6.54 Å². The number of hydrogen-bond acceptors (Lipinski definition) is 8. The lowest BCUT2D eigenvalue weighted by atomic mass is 9.78. The number of hydrogen-bond donors (Lipinski definition) is 1. The summed E-state index contributed by atoms with van der Waals surface area (Å²) in [6.45, 7) is 6.28. The Morgan fingerprint density at radius 3 is 1.81 bits per heavy atom. The van der Waals surface area contributed by atoms with Crippen LogP contribution in [0.3, 0.4) is 0 Å². The fourth-order valence-corrected chi connectivity index (χ4v) is 5.46. The molecule has 0 aliphatic carbocycles. The number of nitrogens with one attached hydrogen (secondary N) is 1. The number of ketones is 1. The van der Waals surface area contributed by atoms with Gasteiger partial charge in [0.2, 0.25) is 29.5 Å². The minimum absolute atomic E-state index is 0.0357. The maximum Gasteiger partial charge on any atom is 0.242 e. The highest BCUT2D eigenvalue weighted by atomic mass is 32.2. The second-order valence-electron chi connectivity index (χ2n) is 9.20. The summed E-state index contributed by atoms with van der Waals surface area (Å²) >= 11 is 2.34. The van der Waals surface area contributed by atoms with E-state index in [1.807, 2.05) is 20.8 Å². The van der Waals surface area contributed by atoms with E-state index in [-0.39, 0.29) is 77.4 Å². The topological polar surface area (TPSA) is 121 Å². The van der Waals surface area contributed by atoms with Crippen molar-refractivity contribution in [3.8, 4) is 0 Å².